The van der Waals surface area contributed by atoms with Crippen LogP contribution in [0.1, 0.15) is 37.9 Å². The highest BCUT2D eigenvalue weighted by Gasteiger charge is 2.46. The molecule has 1 aliphatic carbocycles. The second-order valence-corrected chi connectivity index (χ2v) is 5.81. The van der Waals surface area contributed by atoms with Crippen LogP contribution in [0.5, 0.6) is 0 Å². The molecule has 1 aliphatic rings. The van der Waals surface area contributed by atoms with Gasteiger partial charge in [0.25, 0.3) is 0 Å². The molecule has 0 aliphatic heterocycles. The third-order valence-corrected chi connectivity index (χ3v) is 3.60. The van der Waals surface area contributed by atoms with E-state index in [9.17, 15) is 5.11 Å². The summed E-state index contributed by atoms with van der Waals surface area (Å²) in [4.78, 5) is 4.16. The van der Waals surface area contributed by atoms with Gasteiger partial charge in [-0.2, -0.15) is 0 Å². The topological polar surface area (TPSA) is 69.8 Å². The van der Waals surface area contributed by atoms with Gasteiger partial charge < -0.3 is 20.2 Å². The Balaban J connectivity index is 0.00000200. The molecule has 1 heterocycles. The van der Waals surface area contributed by atoms with Crippen molar-refractivity contribution in [3.05, 3.63) is 23.7 Å². The monoisotopic (exact) mass is 393 g/mol. The Hall–Kier alpha value is -0.760. The number of guanidine groups is 1. The Bertz CT molecular complexity index is 471. The molecule has 114 valence electrons. The van der Waals surface area contributed by atoms with Crippen molar-refractivity contribution in [2.24, 2.45) is 10.4 Å². The fourth-order valence-corrected chi connectivity index (χ4v) is 2.00. The maximum Gasteiger partial charge on any atom is 0.191 e. The van der Waals surface area contributed by atoms with Crippen molar-refractivity contribution in [2.45, 2.75) is 39.3 Å². The fraction of sp³-hybridized carbons (Fsp3) is 0.643. The number of furan rings is 1. The molecule has 2 rings (SSSR count). The summed E-state index contributed by atoms with van der Waals surface area (Å²) in [5.41, 5.74) is 0.342. The number of hydrogen-bond donors (Lipinski definition) is 3. The third kappa shape index (κ3) is 4.37. The van der Waals surface area contributed by atoms with E-state index in [1.165, 1.54) is 0 Å². The summed E-state index contributed by atoms with van der Waals surface area (Å²) < 4.78 is 5.39. The number of hydrogen-bond acceptors (Lipinski definition) is 3. The van der Waals surface area contributed by atoms with Gasteiger partial charge in [-0.25, -0.2) is 0 Å². The van der Waals surface area contributed by atoms with Gasteiger partial charge in [0.05, 0.1) is 6.54 Å². The normalized spacial score (nSPS) is 21.9. The summed E-state index contributed by atoms with van der Waals surface area (Å²) in [6, 6.07) is 4.10. The molecule has 0 saturated heterocycles. The minimum Gasteiger partial charge on any atom is -0.464 e. The van der Waals surface area contributed by atoms with Crippen LogP contribution in [0.3, 0.4) is 0 Å². The zero-order chi connectivity index (χ0) is 14.0. The van der Waals surface area contributed by atoms with Crippen molar-refractivity contribution < 1.29 is 9.52 Å². The standard InChI is InChI=1S/C14H23N3O2.HI/c1-9-5-6-11(19-9)10(18)8-16-13(15-4)17-12-7-14(12,2)3;/h5-6,10,12,18H,7-8H2,1-4H3,(H2,15,16,17);1H. The number of aliphatic hydroxyl groups is 1. The van der Waals surface area contributed by atoms with Gasteiger partial charge in [-0.15, -0.1) is 24.0 Å². The lowest BCUT2D eigenvalue weighted by atomic mass is 10.2. The molecule has 1 aromatic rings. The Labute approximate surface area is 137 Å². The summed E-state index contributed by atoms with van der Waals surface area (Å²) >= 11 is 0. The van der Waals surface area contributed by atoms with Crippen LogP contribution in [-0.4, -0.2) is 30.7 Å². The molecule has 2 atom stereocenters. The van der Waals surface area contributed by atoms with E-state index >= 15 is 0 Å². The van der Waals surface area contributed by atoms with E-state index in [1.54, 1.807) is 13.1 Å². The number of aliphatic hydroxyl groups excluding tert-OH is 1. The highest BCUT2D eigenvalue weighted by Crippen LogP contribution is 2.44. The van der Waals surface area contributed by atoms with Gasteiger partial charge >= 0.3 is 0 Å². The zero-order valence-corrected chi connectivity index (χ0v) is 14.8. The van der Waals surface area contributed by atoms with E-state index in [2.05, 4.69) is 29.5 Å². The second-order valence-electron chi connectivity index (χ2n) is 5.81. The minimum atomic E-state index is -0.667. The minimum absolute atomic E-state index is 0. The number of aryl methyl sites for hydroxylation is 1. The van der Waals surface area contributed by atoms with Crippen LogP contribution in [0.15, 0.2) is 21.5 Å². The van der Waals surface area contributed by atoms with Gasteiger partial charge in [0, 0.05) is 13.1 Å². The molecular weight excluding hydrogens is 369 g/mol. The van der Waals surface area contributed by atoms with Gasteiger partial charge in [-0.05, 0) is 30.9 Å². The molecule has 1 saturated carbocycles. The first-order valence-corrected chi connectivity index (χ1v) is 6.64. The molecule has 0 spiro atoms. The van der Waals surface area contributed by atoms with Crippen molar-refractivity contribution in [3.63, 3.8) is 0 Å². The predicted molar refractivity (Wildman–Crippen MR) is 90.5 cm³/mol. The number of rotatable bonds is 4. The highest BCUT2D eigenvalue weighted by atomic mass is 127. The summed E-state index contributed by atoms with van der Waals surface area (Å²) in [7, 11) is 1.73. The van der Waals surface area contributed by atoms with Crippen LogP contribution >= 0.6 is 24.0 Å². The van der Waals surface area contributed by atoms with Crippen LogP contribution in [0, 0.1) is 12.3 Å². The van der Waals surface area contributed by atoms with E-state index in [0.717, 1.165) is 18.1 Å². The second kappa shape index (κ2) is 6.80. The molecule has 1 fully saturated rings. The molecular formula is C14H24IN3O2. The third-order valence-electron chi connectivity index (χ3n) is 3.60. The number of nitrogens with one attached hydrogen (secondary N) is 2. The van der Waals surface area contributed by atoms with Crippen LogP contribution < -0.4 is 10.6 Å². The largest absolute Gasteiger partial charge is 0.464 e. The predicted octanol–water partition coefficient (Wildman–Crippen LogP) is 2.20. The van der Waals surface area contributed by atoms with E-state index in [-0.39, 0.29) is 24.0 Å². The Kier molecular flexibility index (Phi) is 5.88. The molecule has 3 N–H and O–H groups in total. The van der Waals surface area contributed by atoms with E-state index in [0.29, 0.717) is 23.8 Å². The summed E-state index contributed by atoms with van der Waals surface area (Å²) in [5, 5.41) is 16.4. The molecule has 2 unspecified atom stereocenters. The zero-order valence-electron chi connectivity index (χ0n) is 12.4. The number of nitrogens with zero attached hydrogens (tertiary/aromatic N) is 1. The molecule has 0 aromatic carbocycles. The smallest absolute Gasteiger partial charge is 0.191 e. The van der Waals surface area contributed by atoms with Gasteiger partial charge in [-0.3, -0.25) is 4.99 Å². The lowest BCUT2D eigenvalue weighted by Crippen LogP contribution is -2.41. The first-order valence-electron chi connectivity index (χ1n) is 6.64. The Morgan fingerprint density at radius 3 is 2.65 bits per heavy atom. The van der Waals surface area contributed by atoms with E-state index < -0.39 is 6.10 Å². The average molecular weight is 393 g/mol. The summed E-state index contributed by atoms with van der Waals surface area (Å²) in [6.07, 6.45) is 0.479. The first-order chi connectivity index (χ1) is 8.92. The molecule has 6 heteroatoms. The van der Waals surface area contributed by atoms with Crippen molar-refractivity contribution in [3.8, 4) is 0 Å². The first kappa shape index (κ1) is 17.3. The number of halogens is 1. The van der Waals surface area contributed by atoms with Gasteiger partial charge in [0.2, 0.25) is 0 Å². The van der Waals surface area contributed by atoms with Crippen LogP contribution in [0.2, 0.25) is 0 Å². The van der Waals surface area contributed by atoms with Crippen LogP contribution in [0.4, 0.5) is 0 Å². The highest BCUT2D eigenvalue weighted by molar-refractivity contribution is 14.0. The van der Waals surface area contributed by atoms with Crippen molar-refractivity contribution >= 4 is 29.9 Å². The SMILES string of the molecule is CN=C(NCC(O)c1ccc(C)o1)NC1CC1(C)C.I. The number of aliphatic imine (C=N–C) groups is 1. The molecule has 5 nitrogen and oxygen atoms in total. The average Bonchev–Trinajstić information content (AvgIpc) is 2.75. The molecule has 0 bridgehead atoms. The van der Waals surface area contributed by atoms with Crippen LogP contribution in [-0.2, 0) is 0 Å². The maximum absolute atomic E-state index is 9.99. The summed E-state index contributed by atoms with van der Waals surface area (Å²) in [6.45, 7) is 6.68. The van der Waals surface area contributed by atoms with Crippen molar-refractivity contribution in [2.75, 3.05) is 13.6 Å². The fourth-order valence-electron chi connectivity index (χ4n) is 2.00. The van der Waals surface area contributed by atoms with Crippen LogP contribution in [0.25, 0.3) is 0 Å². The lowest BCUT2D eigenvalue weighted by Gasteiger charge is -2.15. The molecule has 1 aromatic heterocycles. The quantitative estimate of drug-likeness (QED) is 0.417. The van der Waals surface area contributed by atoms with Crippen molar-refractivity contribution in [1.82, 2.24) is 10.6 Å². The van der Waals surface area contributed by atoms with Gasteiger partial charge in [0.1, 0.15) is 17.6 Å². The van der Waals surface area contributed by atoms with E-state index in [4.69, 9.17) is 4.42 Å². The molecule has 0 amide bonds. The Morgan fingerprint density at radius 1 is 1.55 bits per heavy atom. The van der Waals surface area contributed by atoms with Crippen molar-refractivity contribution in [1.29, 1.82) is 0 Å². The lowest BCUT2D eigenvalue weighted by molar-refractivity contribution is 0.151. The maximum atomic E-state index is 9.99. The van der Waals surface area contributed by atoms with E-state index in [1.807, 2.05) is 13.0 Å². The van der Waals surface area contributed by atoms with Gasteiger partial charge in [-0.1, -0.05) is 13.8 Å². The summed E-state index contributed by atoms with van der Waals surface area (Å²) in [5.74, 6) is 2.10. The molecule has 20 heavy (non-hydrogen) atoms. The molecule has 0 radical (unpaired) electrons. The van der Waals surface area contributed by atoms with Gasteiger partial charge in [0.15, 0.2) is 5.96 Å². The Morgan fingerprint density at radius 2 is 2.20 bits per heavy atom.